The lowest BCUT2D eigenvalue weighted by Crippen LogP contribution is -2.41. The third-order valence-electron chi connectivity index (χ3n) is 2.63. The second kappa shape index (κ2) is 6.79. The standard InChI is InChI=1S/C14H20N2O2/c1-4-5-13(17)15-16-14(18)12-8-6-11(7-9-12)10(2)3/h6-10H,4-5H2,1-3H3,(H,15,17)(H,16,18). The van der Waals surface area contributed by atoms with Crippen molar-refractivity contribution in [3.05, 3.63) is 35.4 Å². The average molecular weight is 248 g/mol. The van der Waals surface area contributed by atoms with Gasteiger partial charge in [-0.3, -0.25) is 20.4 Å². The van der Waals surface area contributed by atoms with Gasteiger partial charge in [-0.1, -0.05) is 32.9 Å². The van der Waals surface area contributed by atoms with Gasteiger partial charge in [-0.25, -0.2) is 0 Å². The number of benzene rings is 1. The molecule has 0 aliphatic rings. The number of carbonyl (C=O) groups is 2. The number of nitrogens with one attached hydrogen (secondary N) is 2. The van der Waals surface area contributed by atoms with E-state index < -0.39 is 0 Å². The van der Waals surface area contributed by atoms with Gasteiger partial charge in [0.05, 0.1) is 0 Å². The zero-order chi connectivity index (χ0) is 13.5. The summed E-state index contributed by atoms with van der Waals surface area (Å²) in [5, 5.41) is 0. The molecule has 0 atom stereocenters. The van der Waals surface area contributed by atoms with Crippen molar-refractivity contribution in [2.45, 2.75) is 39.5 Å². The SMILES string of the molecule is CCCC(=O)NNC(=O)c1ccc(C(C)C)cc1. The molecule has 0 fully saturated rings. The first-order valence-corrected chi connectivity index (χ1v) is 6.23. The molecule has 0 saturated carbocycles. The van der Waals surface area contributed by atoms with Gasteiger partial charge < -0.3 is 0 Å². The van der Waals surface area contributed by atoms with E-state index in [4.69, 9.17) is 0 Å². The molecular formula is C14H20N2O2. The summed E-state index contributed by atoms with van der Waals surface area (Å²) >= 11 is 0. The Hall–Kier alpha value is -1.84. The van der Waals surface area contributed by atoms with E-state index in [9.17, 15) is 9.59 Å². The lowest BCUT2D eigenvalue weighted by Gasteiger charge is -2.08. The molecule has 0 spiro atoms. The zero-order valence-corrected chi connectivity index (χ0v) is 11.1. The first-order valence-electron chi connectivity index (χ1n) is 6.23. The van der Waals surface area contributed by atoms with Crippen LogP contribution < -0.4 is 10.9 Å². The minimum Gasteiger partial charge on any atom is -0.273 e. The fourth-order valence-corrected chi connectivity index (χ4v) is 1.51. The molecule has 4 heteroatoms. The van der Waals surface area contributed by atoms with Gasteiger partial charge in [0, 0.05) is 12.0 Å². The van der Waals surface area contributed by atoms with Crippen LogP contribution in [0.25, 0.3) is 0 Å². The van der Waals surface area contributed by atoms with E-state index in [1.165, 1.54) is 5.56 Å². The van der Waals surface area contributed by atoms with Crippen molar-refractivity contribution in [1.82, 2.24) is 10.9 Å². The van der Waals surface area contributed by atoms with Gasteiger partial charge in [-0.15, -0.1) is 0 Å². The quantitative estimate of drug-likeness (QED) is 0.804. The van der Waals surface area contributed by atoms with E-state index in [-0.39, 0.29) is 11.8 Å². The molecule has 0 bridgehead atoms. The zero-order valence-electron chi connectivity index (χ0n) is 11.1. The summed E-state index contributed by atoms with van der Waals surface area (Å²) in [6.07, 6.45) is 1.16. The van der Waals surface area contributed by atoms with Crippen LogP contribution in [0.4, 0.5) is 0 Å². The van der Waals surface area contributed by atoms with Crippen LogP contribution >= 0.6 is 0 Å². The Labute approximate surface area is 108 Å². The molecule has 18 heavy (non-hydrogen) atoms. The molecule has 1 rings (SSSR count). The molecule has 1 aromatic carbocycles. The molecule has 0 aromatic heterocycles. The number of carbonyl (C=O) groups excluding carboxylic acids is 2. The number of amides is 2. The molecule has 0 unspecified atom stereocenters. The topological polar surface area (TPSA) is 58.2 Å². The van der Waals surface area contributed by atoms with Crippen molar-refractivity contribution < 1.29 is 9.59 Å². The van der Waals surface area contributed by atoms with Crippen molar-refractivity contribution in [3.63, 3.8) is 0 Å². The van der Waals surface area contributed by atoms with Crippen LogP contribution in [0.15, 0.2) is 24.3 Å². The average Bonchev–Trinajstić information content (AvgIpc) is 2.36. The van der Waals surface area contributed by atoms with Crippen LogP contribution in [-0.2, 0) is 4.79 Å². The predicted octanol–water partition coefficient (Wildman–Crippen LogP) is 2.37. The van der Waals surface area contributed by atoms with Crippen LogP contribution in [0.3, 0.4) is 0 Å². The van der Waals surface area contributed by atoms with Crippen LogP contribution in [-0.4, -0.2) is 11.8 Å². The molecule has 0 saturated heterocycles. The van der Waals surface area contributed by atoms with Crippen molar-refractivity contribution in [2.75, 3.05) is 0 Å². The molecule has 2 amide bonds. The minimum atomic E-state index is -0.297. The van der Waals surface area contributed by atoms with E-state index >= 15 is 0 Å². The Kier molecular flexibility index (Phi) is 5.36. The van der Waals surface area contributed by atoms with E-state index in [0.717, 1.165) is 6.42 Å². The number of hydrogen-bond acceptors (Lipinski definition) is 2. The highest BCUT2D eigenvalue weighted by molar-refractivity contribution is 5.95. The molecule has 4 nitrogen and oxygen atoms in total. The van der Waals surface area contributed by atoms with Crippen LogP contribution in [0, 0.1) is 0 Å². The smallest absolute Gasteiger partial charge is 0.269 e. The Balaban J connectivity index is 2.54. The lowest BCUT2D eigenvalue weighted by atomic mass is 10.0. The van der Waals surface area contributed by atoms with E-state index in [1.54, 1.807) is 12.1 Å². The normalized spacial score (nSPS) is 10.2. The fourth-order valence-electron chi connectivity index (χ4n) is 1.51. The van der Waals surface area contributed by atoms with Crippen molar-refractivity contribution in [1.29, 1.82) is 0 Å². The highest BCUT2D eigenvalue weighted by Gasteiger charge is 2.07. The Morgan fingerprint density at radius 3 is 2.22 bits per heavy atom. The van der Waals surface area contributed by atoms with E-state index in [0.29, 0.717) is 17.9 Å². The van der Waals surface area contributed by atoms with Crippen LogP contribution in [0.1, 0.15) is 55.5 Å². The van der Waals surface area contributed by atoms with Gasteiger partial charge in [0.25, 0.3) is 5.91 Å². The van der Waals surface area contributed by atoms with Crippen LogP contribution in [0.5, 0.6) is 0 Å². The molecule has 2 N–H and O–H groups in total. The Morgan fingerprint density at radius 1 is 1.11 bits per heavy atom. The third-order valence-corrected chi connectivity index (χ3v) is 2.63. The fraction of sp³-hybridized carbons (Fsp3) is 0.429. The van der Waals surface area contributed by atoms with Crippen molar-refractivity contribution >= 4 is 11.8 Å². The summed E-state index contributed by atoms with van der Waals surface area (Å²) in [6, 6.07) is 7.37. The summed E-state index contributed by atoms with van der Waals surface area (Å²) in [7, 11) is 0. The summed E-state index contributed by atoms with van der Waals surface area (Å²) in [6.45, 7) is 6.10. The predicted molar refractivity (Wildman–Crippen MR) is 71.0 cm³/mol. The second-order valence-electron chi connectivity index (χ2n) is 4.53. The van der Waals surface area contributed by atoms with Gasteiger partial charge in [0.1, 0.15) is 0 Å². The second-order valence-corrected chi connectivity index (χ2v) is 4.53. The maximum Gasteiger partial charge on any atom is 0.269 e. The number of hydrazine groups is 1. The summed E-state index contributed by atoms with van der Waals surface area (Å²) in [5.74, 6) is -0.0363. The molecular weight excluding hydrogens is 228 g/mol. The lowest BCUT2D eigenvalue weighted by molar-refractivity contribution is -0.121. The first kappa shape index (κ1) is 14.2. The largest absolute Gasteiger partial charge is 0.273 e. The Morgan fingerprint density at radius 2 is 1.72 bits per heavy atom. The number of hydrogen-bond donors (Lipinski definition) is 2. The van der Waals surface area contributed by atoms with Crippen molar-refractivity contribution in [2.24, 2.45) is 0 Å². The van der Waals surface area contributed by atoms with Gasteiger partial charge in [-0.2, -0.15) is 0 Å². The highest BCUT2D eigenvalue weighted by atomic mass is 16.2. The highest BCUT2D eigenvalue weighted by Crippen LogP contribution is 2.14. The van der Waals surface area contributed by atoms with E-state index in [1.807, 2.05) is 19.1 Å². The molecule has 0 radical (unpaired) electrons. The maximum atomic E-state index is 11.7. The van der Waals surface area contributed by atoms with Gasteiger partial charge in [0.15, 0.2) is 0 Å². The minimum absolute atomic E-state index is 0.176. The molecule has 0 aliphatic carbocycles. The molecule has 98 valence electrons. The van der Waals surface area contributed by atoms with E-state index in [2.05, 4.69) is 24.7 Å². The number of rotatable bonds is 4. The third kappa shape index (κ3) is 4.20. The molecule has 0 heterocycles. The van der Waals surface area contributed by atoms with Gasteiger partial charge >= 0.3 is 0 Å². The summed E-state index contributed by atoms with van der Waals surface area (Å²) in [5.41, 5.74) is 6.49. The summed E-state index contributed by atoms with van der Waals surface area (Å²) in [4.78, 5) is 22.9. The Bertz CT molecular complexity index is 410. The molecule has 1 aromatic rings. The van der Waals surface area contributed by atoms with Crippen molar-refractivity contribution in [3.8, 4) is 0 Å². The molecule has 0 aliphatic heterocycles. The van der Waals surface area contributed by atoms with Gasteiger partial charge in [-0.05, 0) is 30.0 Å². The monoisotopic (exact) mass is 248 g/mol. The van der Waals surface area contributed by atoms with Gasteiger partial charge in [0.2, 0.25) is 5.91 Å². The maximum absolute atomic E-state index is 11.7. The first-order chi connectivity index (χ1) is 8.54. The summed E-state index contributed by atoms with van der Waals surface area (Å²) < 4.78 is 0. The van der Waals surface area contributed by atoms with Crippen LogP contribution in [0.2, 0.25) is 0 Å².